The van der Waals surface area contributed by atoms with Crippen molar-refractivity contribution in [1.29, 1.82) is 0 Å². The van der Waals surface area contributed by atoms with Crippen molar-refractivity contribution < 1.29 is 9.47 Å². The second-order valence-electron chi connectivity index (χ2n) is 8.87. The molecule has 7 nitrogen and oxygen atoms in total. The second kappa shape index (κ2) is 9.43. The zero-order valence-corrected chi connectivity index (χ0v) is 20.4. The lowest BCUT2D eigenvalue weighted by Crippen LogP contribution is -2.36. The van der Waals surface area contributed by atoms with Gasteiger partial charge in [-0.05, 0) is 48.4 Å². The van der Waals surface area contributed by atoms with Crippen molar-refractivity contribution in [3.05, 3.63) is 89.1 Å². The number of aromatic nitrogens is 4. The molecule has 5 aromatic rings. The van der Waals surface area contributed by atoms with Gasteiger partial charge < -0.3 is 14.4 Å². The fourth-order valence-corrected chi connectivity index (χ4v) is 4.74. The summed E-state index contributed by atoms with van der Waals surface area (Å²) in [6.45, 7) is 5.52. The third-order valence-corrected chi connectivity index (χ3v) is 6.66. The highest BCUT2D eigenvalue weighted by Crippen LogP contribution is 2.29. The Balaban J connectivity index is 1.52. The van der Waals surface area contributed by atoms with Crippen molar-refractivity contribution >= 4 is 17.4 Å². The van der Waals surface area contributed by atoms with Crippen LogP contribution in [0.15, 0.2) is 72.8 Å². The molecule has 1 saturated heterocycles. The molecular weight excluding hydrogens is 450 g/mol. The van der Waals surface area contributed by atoms with Crippen molar-refractivity contribution in [1.82, 2.24) is 19.8 Å². The summed E-state index contributed by atoms with van der Waals surface area (Å²) in [6, 6.07) is 24.6. The largest absolute Gasteiger partial charge is 0.496 e. The number of nitrogens with zero attached hydrogens (tertiary/aromatic N) is 5. The van der Waals surface area contributed by atoms with Crippen LogP contribution < -0.4 is 14.9 Å². The molecule has 0 amide bonds. The lowest BCUT2D eigenvalue weighted by Gasteiger charge is -2.29. The first-order valence-corrected chi connectivity index (χ1v) is 12.1. The van der Waals surface area contributed by atoms with Gasteiger partial charge in [-0.15, -0.1) is 10.2 Å². The molecule has 3 aromatic carbocycles. The van der Waals surface area contributed by atoms with Crippen LogP contribution in [0, 0.1) is 6.92 Å². The van der Waals surface area contributed by atoms with Crippen LogP contribution in [-0.2, 0) is 4.74 Å². The van der Waals surface area contributed by atoms with Gasteiger partial charge >= 0.3 is 0 Å². The topological polar surface area (TPSA) is 64.8 Å². The Morgan fingerprint density at radius 3 is 2.47 bits per heavy atom. The number of aryl methyl sites for hydroxylation is 1. The molecule has 1 aliphatic heterocycles. The Kier molecular flexibility index (Phi) is 5.83. The molecule has 1 fully saturated rings. The zero-order valence-electron chi connectivity index (χ0n) is 20.4. The van der Waals surface area contributed by atoms with Crippen molar-refractivity contribution in [2.75, 3.05) is 38.3 Å². The average molecular weight is 478 g/mol. The van der Waals surface area contributed by atoms with Gasteiger partial charge in [0.15, 0.2) is 11.5 Å². The summed E-state index contributed by atoms with van der Waals surface area (Å²) in [5.74, 6) is 1.38. The molecular formula is C29H27N5O2. The van der Waals surface area contributed by atoms with E-state index in [4.69, 9.17) is 14.6 Å². The molecule has 0 aliphatic carbocycles. The number of benzene rings is 3. The molecule has 0 unspecified atom stereocenters. The molecule has 3 heterocycles. The first kappa shape index (κ1) is 22.2. The van der Waals surface area contributed by atoms with Crippen LogP contribution in [0.25, 0.3) is 34.4 Å². The van der Waals surface area contributed by atoms with E-state index in [-0.39, 0.29) is 0 Å². The van der Waals surface area contributed by atoms with Crippen LogP contribution in [0.3, 0.4) is 0 Å². The fourth-order valence-electron chi connectivity index (χ4n) is 4.74. The van der Waals surface area contributed by atoms with Crippen LogP contribution >= 0.6 is 0 Å². The van der Waals surface area contributed by atoms with Crippen molar-refractivity contribution in [3.63, 3.8) is 0 Å². The van der Waals surface area contributed by atoms with Gasteiger partial charge in [0.1, 0.15) is 11.4 Å². The third-order valence-electron chi connectivity index (χ3n) is 6.66. The number of rotatable bonds is 5. The maximum Gasteiger partial charge on any atom is 0.189 e. The van der Waals surface area contributed by atoms with Crippen LogP contribution in [0.5, 0.6) is 5.75 Å². The Bertz CT molecular complexity index is 1570. The first-order chi connectivity index (χ1) is 17.7. The monoisotopic (exact) mass is 477 g/mol. The quantitative estimate of drug-likeness (QED) is 0.379. The van der Waals surface area contributed by atoms with E-state index in [1.165, 1.54) is 11.3 Å². The molecule has 7 heteroatoms. The van der Waals surface area contributed by atoms with Gasteiger partial charge in [0.25, 0.3) is 0 Å². The highest BCUT2D eigenvalue weighted by molar-refractivity contribution is 5.74. The lowest BCUT2D eigenvalue weighted by molar-refractivity contribution is 0.122. The Morgan fingerprint density at radius 1 is 0.917 bits per heavy atom. The van der Waals surface area contributed by atoms with Gasteiger partial charge in [0, 0.05) is 29.6 Å². The lowest BCUT2D eigenvalue weighted by atomic mass is 10.0. The molecule has 1 aliphatic rings. The normalized spacial score (nSPS) is 14.5. The number of hydrogen-bond donors (Lipinski definition) is 0. The molecule has 0 atom stereocenters. The van der Waals surface area contributed by atoms with Crippen molar-refractivity contribution in [2.24, 2.45) is 0 Å². The number of morpholine rings is 1. The molecule has 0 spiro atoms. The average Bonchev–Trinajstić information content (AvgIpc) is 3.51. The van der Waals surface area contributed by atoms with E-state index in [0.717, 1.165) is 59.7 Å². The standard InChI is InChI=1S/C29H27N5O2/c1-20-18-23(33-14-16-36-17-15-33)13-12-22(20)19-25-27(21-8-4-3-5-9-21)32-34-28(30-31-29(25)34)24-10-6-7-11-26(24)35-2/h3-13,18-19H,14-17H2,1-2H3. The van der Waals surface area contributed by atoms with Crippen molar-refractivity contribution in [2.45, 2.75) is 6.92 Å². The van der Waals surface area contributed by atoms with Crippen molar-refractivity contribution in [3.8, 4) is 28.4 Å². The number of para-hydroxylation sites is 1. The van der Waals surface area contributed by atoms with Gasteiger partial charge in [0.05, 0.1) is 25.9 Å². The Labute approximate surface area is 209 Å². The van der Waals surface area contributed by atoms with Crippen LogP contribution in [0.1, 0.15) is 11.1 Å². The smallest absolute Gasteiger partial charge is 0.189 e. The number of hydrogen-bond acceptors (Lipinski definition) is 6. The van der Waals surface area contributed by atoms with Crippen LogP contribution in [0.4, 0.5) is 5.69 Å². The minimum absolute atomic E-state index is 0.652. The molecule has 0 N–H and O–H groups in total. The van der Waals surface area contributed by atoms with Gasteiger partial charge in [-0.2, -0.15) is 9.61 Å². The SMILES string of the molecule is COc1ccccc1-c1nnc2c(=Cc3ccc(N4CCOCC4)cc3C)c(-c3ccccc3)nn12. The highest BCUT2D eigenvalue weighted by Gasteiger charge is 2.19. The van der Waals surface area contributed by atoms with Crippen LogP contribution in [-0.4, -0.2) is 53.2 Å². The molecule has 180 valence electrons. The van der Waals surface area contributed by atoms with E-state index in [0.29, 0.717) is 11.5 Å². The summed E-state index contributed by atoms with van der Waals surface area (Å²) >= 11 is 0. The van der Waals surface area contributed by atoms with E-state index in [1.807, 2.05) is 47.0 Å². The van der Waals surface area contributed by atoms with Gasteiger partial charge in [-0.1, -0.05) is 48.5 Å². The Hall–Kier alpha value is -4.23. The summed E-state index contributed by atoms with van der Waals surface area (Å²) in [6.07, 6.45) is 2.17. The second-order valence-corrected chi connectivity index (χ2v) is 8.87. The molecule has 2 aromatic heterocycles. The predicted octanol–water partition coefficient (Wildman–Crippen LogP) is 4.16. The molecule has 0 saturated carbocycles. The maximum atomic E-state index is 5.58. The molecule has 6 rings (SSSR count). The van der Waals surface area contributed by atoms with Gasteiger partial charge in [0.2, 0.25) is 0 Å². The van der Waals surface area contributed by atoms with Crippen LogP contribution in [0.2, 0.25) is 0 Å². The van der Waals surface area contributed by atoms with E-state index < -0.39 is 0 Å². The van der Waals surface area contributed by atoms with E-state index in [9.17, 15) is 0 Å². The summed E-state index contributed by atoms with van der Waals surface area (Å²) in [4.78, 5) is 2.37. The third kappa shape index (κ3) is 3.97. The summed E-state index contributed by atoms with van der Waals surface area (Å²) in [7, 11) is 1.66. The molecule has 36 heavy (non-hydrogen) atoms. The molecule has 0 bridgehead atoms. The first-order valence-electron chi connectivity index (χ1n) is 12.1. The fraction of sp³-hybridized carbons (Fsp3) is 0.207. The van der Waals surface area contributed by atoms with E-state index in [1.54, 1.807) is 7.11 Å². The van der Waals surface area contributed by atoms with E-state index in [2.05, 4.69) is 58.4 Å². The predicted molar refractivity (Wildman–Crippen MR) is 141 cm³/mol. The summed E-state index contributed by atoms with van der Waals surface area (Å²) in [5, 5.41) is 15.0. The maximum absolute atomic E-state index is 5.58. The summed E-state index contributed by atoms with van der Waals surface area (Å²) < 4.78 is 12.9. The zero-order chi connectivity index (χ0) is 24.5. The highest BCUT2D eigenvalue weighted by atomic mass is 16.5. The number of methoxy groups -OCH3 is 1. The van der Waals surface area contributed by atoms with E-state index >= 15 is 0 Å². The van der Waals surface area contributed by atoms with Gasteiger partial charge in [-0.3, -0.25) is 0 Å². The molecule has 0 radical (unpaired) electrons. The van der Waals surface area contributed by atoms with Gasteiger partial charge in [-0.25, -0.2) is 0 Å². The number of ether oxygens (including phenoxy) is 2. The minimum Gasteiger partial charge on any atom is -0.496 e. The minimum atomic E-state index is 0.652. The summed E-state index contributed by atoms with van der Waals surface area (Å²) in [5.41, 5.74) is 7.01. The Morgan fingerprint density at radius 2 is 1.69 bits per heavy atom. The number of fused-ring (bicyclic) bond motifs is 1. The number of anilines is 1.